The summed E-state index contributed by atoms with van der Waals surface area (Å²) in [5.41, 5.74) is 0.164. The van der Waals surface area contributed by atoms with Crippen molar-refractivity contribution in [1.82, 2.24) is 15.1 Å². The van der Waals surface area contributed by atoms with E-state index in [4.69, 9.17) is 16.0 Å². The maximum absolute atomic E-state index is 13.7. The molecule has 1 atom stereocenters. The second-order valence-electron chi connectivity index (χ2n) is 11.2. The van der Waals surface area contributed by atoms with E-state index in [1.54, 1.807) is 0 Å². The predicted octanol–water partition coefficient (Wildman–Crippen LogP) is 6.03. The molecule has 1 unspecified atom stereocenters. The van der Waals surface area contributed by atoms with Gasteiger partial charge in [-0.1, -0.05) is 69.2 Å². The van der Waals surface area contributed by atoms with Gasteiger partial charge in [0.1, 0.15) is 23.1 Å². The third kappa shape index (κ3) is 5.61. The van der Waals surface area contributed by atoms with Crippen molar-refractivity contribution in [2.24, 2.45) is 5.92 Å². The molecule has 0 bridgehead atoms. The summed E-state index contributed by atoms with van der Waals surface area (Å²) < 4.78 is 6.12. The van der Waals surface area contributed by atoms with Crippen molar-refractivity contribution in [1.29, 1.82) is 0 Å². The summed E-state index contributed by atoms with van der Waals surface area (Å²) in [6.45, 7) is 4.99. The average Bonchev–Trinajstić information content (AvgIpc) is 3.37. The van der Waals surface area contributed by atoms with E-state index in [1.807, 2.05) is 41.3 Å². The largest absolute Gasteiger partial charge is 0.460 e. The summed E-state index contributed by atoms with van der Waals surface area (Å²) >= 11 is 6.34. The number of benzene rings is 1. The van der Waals surface area contributed by atoms with Crippen molar-refractivity contribution in [2.45, 2.75) is 89.3 Å². The lowest BCUT2D eigenvalue weighted by atomic mass is 9.79. The van der Waals surface area contributed by atoms with Crippen LogP contribution in [0.2, 0.25) is 5.02 Å². The van der Waals surface area contributed by atoms with Gasteiger partial charge in [-0.3, -0.25) is 14.5 Å². The summed E-state index contributed by atoms with van der Waals surface area (Å²) in [6, 6.07) is 11.3. The number of nitrogens with zero attached hydrogens (tertiary/aromatic N) is 2. The molecular weight excluding hydrogens is 486 g/mol. The SMILES string of the molecule is CCCCN1C(=O)C(CC2CCCCC2)NC(=O)C12CCN(Cc1ccc(-c3ccccc3Cl)o1)CC2. The van der Waals surface area contributed by atoms with Crippen LogP contribution in [0.4, 0.5) is 0 Å². The zero-order chi connectivity index (χ0) is 25.8. The fourth-order valence-electron chi connectivity index (χ4n) is 6.50. The lowest BCUT2D eigenvalue weighted by Gasteiger charge is -2.52. The molecular formula is C30H40ClN3O3. The second-order valence-corrected chi connectivity index (χ2v) is 11.6. The van der Waals surface area contributed by atoms with Crippen molar-refractivity contribution < 1.29 is 14.0 Å². The topological polar surface area (TPSA) is 65.8 Å². The fourth-order valence-corrected chi connectivity index (χ4v) is 6.73. The second kappa shape index (κ2) is 11.6. The predicted molar refractivity (Wildman–Crippen MR) is 146 cm³/mol. The molecule has 2 aromatic rings. The quantitative estimate of drug-likeness (QED) is 0.457. The number of nitrogens with one attached hydrogen (secondary N) is 1. The summed E-state index contributed by atoms with van der Waals surface area (Å²) in [7, 11) is 0. The van der Waals surface area contributed by atoms with Gasteiger partial charge in [-0.05, 0) is 55.9 Å². The highest BCUT2D eigenvalue weighted by molar-refractivity contribution is 6.33. The Labute approximate surface area is 225 Å². The first-order valence-corrected chi connectivity index (χ1v) is 14.6. The Morgan fingerprint density at radius 2 is 1.81 bits per heavy atom. The van der Waals surface area contributed by atoms with Gasteiger partial charge in [-0.2, -0.15) is 0 Å². The van der Waals surface area contributed by atoms with E-state index >= 15 is 0 Å². The molecule has 1 aromatic carbocycles. The zero-order valence-electron chi connectivity index (χ0n) is 22.0. The molecule has 6 nitrogen and oxygen atoms in total. The fraction of sp³-hybridized carbons (Fsp3) is 0.600. The Bertz CT molecular complexity index is 1090. The number of halogens is 1. The van der Waals surface area contributed by atoms with Gasteiger partial charge in [0.05, 0.1) is 11.6 Å². The Balaban J connectivity index is 1.24. The third-order valence-electron chi connectivity index (χ3n) is 8.70. The van der Waals surface area contributed by atoms with Crippen LogP contribution in [0.5, 0.6) is 0 Å². The number of piperidine rings is 1. The number of unbranched alkanes of at least 4 members (excludes halogenated alkanes) is 1. The van der Waals surface area contributed by atoms with Crippen molar-refractivity contribution >= 4 is 23.4 Å². The Morgan fingerprint density at radius 1 is 1.05 bits per heavy atom. The number of hydrogen-bond acceptors (Lipinski definition) is 4. The Morgan fingerprint density at radius 3 is 2.54 bits per heavy atom. The molecule has 200 valence electrons. The highest BCUT2D eigenvalue weighted by atomic mass is 35.5. The molecule has 5 rings (SSSR count). The molecule has 2 amide bonds. The van der Waals surface area contributed by atoms with E-state index in [9.17, 15) is 9.59 Å². The van der Waals surface area contributed by atoms with Crippen LogP contribution in [0.25, 0.3) is 11.3 Å². The van der Waals surface area contributed by atoms with E-state index in [2.05, 4.69) is 17.1 Å². The van der Waals surface area contributed by atoms with E-state index < -0.39 is 5.54 Å². The summed E-state index contributed by atoms with van der Waals surface area (Å²) in [5, 5.41) is 3.86. The van der Waals surface area contributed by atoms with Gasteiger partial charge in [0.25, 0.3) is 0 Å². The molecule has 2 aliphatic heterocycles. The van der Waals surface area contributed by atoms with E-state index in [0.29, 0.717) is 36.9 Å². The molecule has 1 aromatic heterocycles. The first kappa shape index (κ1) is 26.3. The summed E-state index contributed by atoms with van der Waals surface area (Å²) in [5.74, 6) is 2.40. The van der Waals surface area contributed by atoms with Gasteiger partial charge in [-0.15, -0.1) is 0 Å². The van der Waals surface area contributed by atoms with Gasteiger partial charge in [0.2, 0.25) is 11.8 Å². The van der Waals surface area contributed by atoms with Crippen LogP contribution in [0.15, 0.2) is 40.8 Å². The van der Waals surface area contributed by atoms with Crippen LogP contribution in [-0.4, -0.2) is 52.8 Å². The summed E-state index contributed by atoms with van der Waals surface area (Å²) in [6.07, 6.45) is 10.2. The van der Waals surface area contributed by atoms with Crippen molar-refractivity contribution in [3.63, 3.8) is 0 Å². The first-order chi connectivity index (χ1) is 18.0. The molecule has 37 heavy (non-hydrogen) atoms. The lowest BCUT2D eigenvalue weighted by Crippen LogP contribution is -2.73. The van der Waals surface area contributed by atoms with Crippen molar-refractivity contribution in [2.75, 3.05) is 19.6 Å². The molecule has 3 heterocycles. The molecule has 1 N–H and O–H groups in total. The minimum absolute atomic E-state index is 0.0580. The average molecular weight is 526 g/mol. The van der Waals surface area contributed by atoms with Gasteiger partial charge in [-0.25, -0.2) is 0 Å². The maximum atomic E-state index is 13.7. The maximum Gasteiger partial charge on any atom is 0.246 e. The minimum Gasteiger partial charge on any atom is -0.460 e. The highest BCUT2D eigenvalue weighted by Crippen LogP contribution is 2.37. The van der Waals surface area contributed by atoms with Crippen LogP contribution in [0, 0.1) is 5.92 Å². The van der Waals surface area contributed by atoms with Crippen LogP contribution >= 0.6 is 11.6 Å². The molecule has 3 fully saturated rings. The van der Waals surface area contributed by atoms with Crippen molar-refractivity contribution in [3.8, 4) is 11.3 Å². The number of rotatable bonds is 8. The van der Waals surface area contributed by atoms with Crippen LogP contribution < -0.4 is 5.32 Å². The molecule has 3 aliphatic rings. The molecule has 1 saturated carbocycles. The number of carbonyl (C=O) groups excluding carboxylic acids is 2. The first-order valence-electron chi connectivity index (χ1n) is 14.2. The van der Waals surface area contributed by atoms with E-state index in [1.165, 1.54) is 32.1 Å². The molecule has 0 radical (unpaired) electrons. The van der Waals surface area contributed by atoms with E-state index in [0.717, 1.165) is 49.4 Å². The normalized spacial score (nSPS) is 23.0. The summed E-state index contributed by atoms with van der Waals surface area (Å²) in [4.78, 5) is 31.7. The van der Waals surface area contributed by atoms with Crippen molar-refractivity contribution in [3.05, 3.63) is 47.2 Å². The number of carbonyl (C=O) groups is 2. The van der Waals surface area contributed by atoms with Gasteiger partial charge < -0.3 is 14.6 Å². The zero-order valence-corrected chi connectivity index (χ0v) is 22.8. The molecule has 2 saturated heterocycles. The lowest BCUT2D eigenvalue weighted by molar-refractivity contribution is -0.162. The third-order valence-corrected chi connectivity index (χ3v) is 9.03. The number of piperazine rings is 1. The standard InChI is InChI=1S/C30H40ClN3O3/c1-2-3-17-34-28(35)26(20-22-9-5-4-6-10-22)32-29(36)30(34)15-18-33(19-16-30)21-23-13-14-27(37-23)24-11-7-8-12-25(24)31/h7-8,11-14,22,26H,2-6,9-10,15-21H2,1H3,(H,32,36). The highest BCUT2D eigenvalue weighted by Gasteiger charge is 2.53. The van der Waals surface area contributed by atoms with Gasteiger partial charge in [0, 0.05) is 25.2 Å². The van der Waals surface area contributed by atoms with Crippen LogP contribution in [0.1, 0.15) is 76.9 Å². The number of likely N-dealkylation sites (tertiary alicyclic amines) is 1. The van der Waals surface area contributed by atoms with Gasteiger partial charge in [0.15, 0.2) is 0 Å². The molecule has 1 aliphatic carbocycles. The smallest absolute Gasteiger partial charge is 0.246 e. The minimum atomic E-state index is -0.724. The Hall–Kier alpha value is -2.31. The van der Waals surface area contributed by atoms with E-state index in [-0.39, 0.29) is 17.9 Å². The van der Waals surface area contributed by atoms with Gasteiger partial charge >= 0.3 is 0 Å². The number of furan rings is 1. The molecule has 1 spiro atoms. The Kier molecular flexibility index (Phi) is 8.25. The molecule has 7 heteroatoms. The number of amides is 2. The monoisotopic (exact) mass is 525 g/mol. The van der Waals surface area contributed by atoms with Crippen LogP contribution in [-0.2, 0) is 16.1 Å². The van der Waals surface area contributed by atoms with Crippen LogP contribution in [0.3, 0.4) is 0 Å². The number of hydrogen-bond donors (Lipinski definition) is 1.